The fraction of sp³-hybridized carbons (Fsp3) is 0.250. The SMILES string of the molecule is Cc1ccc(C(=O)CCC(=O)OCC(=O)NC(c2ccccc2)c2nccn2C)cc1. The molecule has 3 aromatic rings. The molecule has 1 amide bonds. The number of nitrogens with one attached hydrogen (secondary N) is 1. The standard InChI is InChI=1S/C24H25N3O4/c1-17-8-10-18(11-9-17)20(28)12-13-22(30)31-16-21(29)26-23(19-6-4-3-5-7-19)24-25-14-15-27(24)2/h3-11,14-15,23H,12-13,16H2,1-2H3,(H,26,29). The van der Waals surface area contributed by atoms with Gasteiger partial charge in [0.1, 0.15) is 11.9 Å². The number of Topliss-reactive ketones (excluding diaryl/α,β-unsaturated/α-hetero) is 1. The van der Waals surface area contributed by atoms with Crippen molar-refractivity contribution in [1.29, 1.82) is 0 Å². The second-order valence-corrected chi connectivity index (χ2v) is 7.26. The van der Waals surface area contributed by atoms with Gasteiger partial charge in [-0.25, -0.2) is 4.98 Å². The molecule has 1 atom stereocenters. The predicted molar refractivity (Wildman–Crippen MR) is 115 cm³/mol. The molecule has 1 unspecified atom stereocenters. The van der Waals surface area contributed by atoms with Crippen molar-refractivity contribution in [3.63, 3.8) is 0 Å². The first-order valence-corrected chi connectivity index (χ1v) is 10.0. The van der Waals surface area contributed by atoms with E-state index in [1.807, 2.05) is 61.0 Å². The Bertz CT molecular complexity index is 1040. The molecule has 0 aliphatic heterocycles. The number of amides is 1. The molecule has 0 saturated carbocycles. The summed E-state index contributed by atoms with van der Waals surface area (Å²) in [7, 11) is 1.84. The predicted octanol–water partition coefficient (Wildman–Crippen LogP) is 3.14. The summed E-state index contributed by atoms with van der Waals surface area (Å²) < 4.78 is 6.88. The first-order valence-electron chi connectivity index (χ1n) is 10.0. The second kappa shape index (κ2) is 10.3. The highest BCUT2D eigenvalue weighted by Crippen LogP contribution is 2.20. The fourth-order valence-electron chi connectivity index (χ4n) is 3.12. The van der Waals surface area contributed by atoms with Gasteiger partial charge in [0.05, 0.1) is 6.42 Å². The van der Waals surface area contributed by atoms with Crippen molar-refractivity contribution in [2.45, 2.75) is 25.8 Å². The monoisotopic (exact) mass is 419 g/mol. The zero-order chi connectivity index (χ0) is 22.2. The smallest absolute Gasteiger partial charge is 0.306 e. The van der Waals surface area contributed by atoms with Gasteiger partial charge < -0.3 is 14.6 Å². The number of imidazole rings is 1. The van der Waals surface area contributed by atoms with E-state index in [0.29, 0.717) is 11.4 Å². The lowest BCUT2D eigenvalue weighted by Gasteiger charge is -2.19. The number of carbonyl (C=O) groups is 3. The minimum atomic E-state index is -0.594. The van der Waals surface area contributed by atoms with E-state index in [1.54, 1.807) is 24.5 Å². The summed E-state index contributed by atoms with van der Waals surface area (Å²) in [5.74, 6) is -0.520. The van der Waals surface area contributed by atoms with Gasteiger partial charge in [-0.1, -0.05) is 60.2 Å². The van der Waals surface area contributed by atoms with E-state index in [1.165, 1.54) is 0 Å². The number of carbonyl (C=O) groups excluding carboxylic acids is 3. The number of aromatic nitrogens is 2. The van der Waals surface area contributed by atoms with Crippen LogP contribution in [-0.2, 0) is 21.4 Å². The van der Waals surface area contributed by atoms with Crippen LogP contribution in [0.25, 0.3) is 0 Å². The maximum atomic E-state index is 12.4. The minimum Gasteiger partial charge on any atom is -0.456 e. The molecule has 0 fully saturated rings. The zero-order valence-electron chi connectivity index (χ0n) is 17.6. The lowest BCUT2D eigenvalue weighted by molar-refractivity contribution is -0.148. The van der Waals surface area contributed by atoms with Crippen LogP contribution in [0.15, 0.2) is 67.0 Å². The Kier molecular flexibility index (Phi) is 7.32. The molecule has 3 rings (SSSR count). The first kappa shape index (κ1) is 22.0. The molecule has 7 heteroatoms. The highest BCUT2D eigenvalue weighted by Gasteiger charge is 2.21. The number of ether oxygens (including phenoxy) is 1. The van der Waals surface area contributed by atoms with Crippen molar-refractivity contribution in [2.75, 3.05) is 6.61 Å². The average Bonchev–Trinajstić information content (AvgIpc) is 3.21. The summed E-state index contributed by atoms with van der Waals surface area (Å²) >= 11 is 0. The van der Waals surface area contributed by atoms with Crippen molar-refractivity contribution >= 4 is 17.7 Å². The van der Waals surface area contributed by atoms with Gasteiger partial charge in [0.2, 0.25) is 0 Å². The molecule has 0 saturated heterocycles. The van der Waals surface area contributed by atoms with Crippen LogP contribution in [0.2, 0.25) is 0 Å². The molecule has 0 spiro atoms. The molecule has 7 nitrogen and oxygen atoms in total. The molecule has 31 heavy (non-hydrogen) atoms. The molecule has 1 N–H and O–H groups in total. The number of hydrogen-bond acceptors (Lipinski definition) is 5. The van der Waals surface area contributed by atoms with Gasteiger partial charge in [0, 0.05) is 31.4 Å². The van der Waals surface area contributed by atoms with Crippen molar-refractivity contribution in [2.24, 2.45) is 7.05 Å². The number of aryl methyl sites for hydroxylation is 2. The van der Waals surface area contributed by atoms with Crippen LogP contribution in [0.1, 0.15) is 46.2 Å². The van der Waals surface area contributed by atoms with Gasteiger partial charge in [-0.05, 0) is 12.5 Å². The minimum absolute atomic E-state index is 0.0312. The van der Waals surface area contributed by atoms with Gasteiger partial charge in [0.25, 0.3) is 5.91 Å². The van der Waals surface area contributed by atoms with E-state index in [2.05, 4.69) is 10.3 Å². The van der Waals surface area contributed by atoms with E-state index in [4.69, 9.17) is 4.74 Å². The van der Waals surface area contributed by atoms with Crippen LogP contribution >= 0.6 is 0 Å². The molecular formula is C24H25N3O4. The van der Waals surface area contributed by atoms with E-state index < -0.39 is 24.5 Å². The Morgan fingerprint density at radius 1 is 1.03 bits per heavy atom. The summed E-state index contributed by atoms with van der Waals surface area (Å²) in [4.78, 5) is 40.9. The van der Waals surface area contributed by atoms with Gasteiger partial charge in [-0.3, -0.25) is 14.4 Å². The summed E-state index contributed by atoms with van der Waals surface area (Å²) in [5.41, 5.74) is 2.47. The molecule has 0 radical (unpaired) electrons. The lowest BCUT2D eigenvalue weighted by atomic mass is 10.1. The molecular weight excluding hydrogens is 394 g/mol. The maximum absolute atomic E-state index is 12.4. The Morgan fingerprint density at radius 3 is 2.39 bits per heavy atom. The Morgan fingerprint density at radius 2 is 1.74 bits per heavy atom. The third kappa shape index (κ3) is 6.12. The van der Waals surface area contributed by atoms with Crippen LogP contribution in [0, 0.1) is 6.92 Å². The third-order valence-corrected chi connectivity index (χ3v) is 4.85. The van der Waals surface area contributed by atoms with E-state index in [0.717, 1.165) is 11.1 Å². The normalized spacial score (nSPS) is 11.5. The maximum Gasteiger partial charge on any atom is 0.306 e. The summed E-state index contributed by atoms with van der Waals surface area (Å²) in [6.45, 7) is 1.51. The molecule has 1 heterocycles. The van der Waals surface area contributed by atoms with Crippen molar-refractivity contribution in [3.8, 4) is 0 Å². The number of nitrogens with zero attached hydrogens (tertiary/aromatic N) is 2. The number of benzene rings is 2. The van der Waals surface area contributed by atoms with Gasteiger partial charge in [-0.15, -0.1) is 0 Å². The van der Waals surface area contributed by atoms with Crippen LogP contribution in [0.5, 0.6) is 0 Å². The Labute approximate surface area is 181 Å². The number of ketones is 1. The summed E-state index contributed by atoms with van der Waals surface area (Å²) in [5, 5.41) is 2.86. The molecule has 160 valence electrons. The Balaban J connectivity index is 1.52. The molecule has 0 aliphatic rings. The molecule has 0 aliphatic carbocycles. The second-order valence-electron chi connectivity index (χ2n) is 7.26. The zero-order valence-corrected chi connectivity index (χ0v) is 17.6. The van der Waals surface area contributed by atoms with E-state index >= 15 is 0 Å². The van der Waals surface area contributed by atoms with Gasteiger partial charge >= 0.3 is 5.97 Å². The Hall–Kier alpha value is -3.74. The van der Waals surface area contributed by atoms with E-state index in [9.17, 15) is 14.4 Å². The third-order valence-electron chi connectivity index (χ3n) is 4.85. The van der Waals surface area contributed by atoms with Crippen molar-refractivity contribution < 1.29 is 19.1 Å². The summed E-state index contributed by atoms with van der Waals surface area (Å²) in [6, 6.07) is 16.1. The quantitative estimate of drug-likeness (QED) is 0.425. The van der Waals surface area contributed by atoms with Crippen LogP contribution in [0.4, 0.5) is 0 Å². The average molecular weight is 419 g/mol. The van der Waals surface area contributed by atoms with Crippen LogP contribution in [0.3, 0.4) is 0 Å². The highest BCUT2D eigenvalue weighted by atomic mass is 16.5. The number of hydrogen-bond donors (Lipinski definition) is 1. The van der Waals surface area contributed by atoms with Gasteiger partial charge in [-0.2, -0.15) is 0 Å². The topological polar surface area (TPSA) is 90.3 Å². The molecule has 2 aromatic carbocycles. The van der Waals surface area contributed by atoms with Gasteiger partial charge in [0.15, 0.2) is 12.4 Å². The highest BCUT2D eigenvalue weighted by molar-refractivity contribution is 5.97. The van der Waals surface area contributed by atoms with E-state index in [-0.39, 0.29) is 18.6 Å². The number of rotatable bonds is 9. The van der Waals surface area contributed by atoms with Crippen LogP contribution in [-0.4, -0.2) is 33.8 Å². The van der Waals surface area contributed by atoms with Crippen molar-refractivity contribution in [1.82, 2.24) is 14.9 Å². The molecule has 0 bridgehead atoms. The lowest BCUT2D eigenvalue weighted by Crippen LogP contribution is -2.34. The van der Waals surface area contributed by atoms with Crippen LogP contribution < -0.4 is 5.32 Å². The number of esters is 1. The largest absolute Gasteiger partial charge is 0.456 e. The molecule has 1 aromatic heterocycles. The summed E-state index contributed by atoms with van der Waals surface area (Å²) in [6.07, 6.45) is 3.40. The van der Waals surface area contributed by atoms with Crippen molar-refractivity contribution in [3.05, 3.63) is 89.5 Å². The fourth-order valence-corrected chi connectivity index (χ4v) is 3.12. The first-order chi connectivity index (χ1) is 14.9.